The predicted molar refractivity (Wildman–Crippen MR) is 128 cm³/mol. The molecule has 0 heterocycles. The van der Waals surface area contributed by atoms with Crippen molar-refractivity contribution in [1.82, 2.24) is 4.31 Å². The first-order valence-corrected chi connectivity index (χ1v) is 12.2. The Kier molecular flexibility index (Phi) is 7.78. The van der Waals surface area contributed by atoms with Crippen LogP contribution in [0.2, 0.25) is 10.0 Å². The van der Waals surface area contributed by atoms with Gasteiger partial charge in [0.2, 0.25) is 15.9 Å². The highest BCUT2D eigenvalue weighted by atomic mass is 79.9. The number of benzene rings is 3. The maximum atomic E-state index is 13.3. The zero-order valence-corrected chi connectivity index (χ0v) is 20.4. The topological polar surface area (TPSA) is 66.5 Å². The Morgan fingerprint density at radius 3 is 2.23 bits per heavy atom. The molecule has 1 amide bonds. The Bertz CT molecular complexity index is 1180. The van der Waals surface area contributed by atoms with Crippen LogP contribution >= 0.6 is 39.1 Å². The van der Waals surface area contributed by atoms with E-state index < -0.39 is 15.9 Å². The van der Waals surface area contributed by atoms with Crippen molar-refractivity contribution in [2.24, 2.45) is 0 Å². The first-order valence-electron chi connectivity index (χ1n) is 9.21. The van der Waals surface area contributed by atoms with Gasteiger partial charge in [-0.2, -0.15) is 4.31 Å². The number of nitrogens with one attached hydrogen (secondary N) is 1. The molecule has 162 valence electrons. The van der Waals surface area contributed by atoms with Crippen LogP contribution in [-0.2, 0) is 21.4 Å². The Balaban J connectivity index is 1.89. The number of halogens is 3. The molecule has 0 aliphatic heterocycles. The minimum atomic E-state index is -3.96. The van der Waals surface area contributed by atoms with Crippen LogP contribution in [0.4, 0.5) is 5.69 Å². The molecule has 0 spiro atoms. The number of sulfonamides is 1. The van der Waals surface area contributed by atoms with Crippen LogP contribution in [0.3, 0.4) is 0 Å². The number of amides is 1. The van der Waals surface area contributed by atoms with Gasteiger partial charge in [-0.1, -0.05) is 57.3 Å². The van der Waals surface area contributed by atoms with E-state index in [1.165, 1.54) is 24.3 Å². The lowest BCUT2D eigenvalue weighted by molar-refractivity contribution is -0.116. The smallest absolute Gasteiger partial charge is 0.243 e. The predicted octanol–water partition coefficient (Wildman–Crippen LogP) is 5.89. The average Bonchev–Trinajstić information content (AvgIpc) is 2.72. The number of carbonyl (C=O) groups is 1. The molecule has 3 aromatic carbocycles. The minimum Gasteiger partial charge on any atom is -0.325 e. The fraction of sp³-hybridized carbons (Fsp3) is 0.136. The first-order chi connectivity index (χ1) is 14.6. The summed E-state index contributed by atoms with van der Waals surface area (Å²) >= 11 is 15.3. The van der Waals surface area contributed by atoms with E-state index in [9.17, 15) is 13.2 Å². The van der Waals surface area contributed by atoms with Gasteiger partial charge in [0.15, 0.2) is 0 Å². The van der Waals surface area contributed by atoms with Crippen molar-refractivity contribution in [1.29, 1.82) is 0 Å². The lowest BCUT2D eigenvalue weighted by Crippen LogP contribution is -2.37. The molecule has 5 nitrogen and oxygen atoms in total. The molecule has 1 N–H and O–H groups in total. The quantitative estimate of drug-likeness (QED) is 0.405. The van der Waals surface area contributed by atoms with Gasteiger partial charge >= 0.3 is 0 Å². The highest BCUT2D eigenvalue weighted by molar-refractivity contribution is 9.10. The second-order valence-corrected chi connectivity index (χ2v) is 10.6. The average molecular weight is 542 g/mol. The number of hydrogen-bond acceptors (Lipinski definition) is 3. The van der Waals surface area contributed by atoms with E-state index in [0.717, 1.165) is 19.9 Å². The minimum absolute atomic E-state index is 0.0280. The molecule has 0 aliphatic rings. The summed E-state index contributed by atoms with van der Waals surface area (Å²) in [6.07, 6.45) is 0. The molecule has 0 aromatic heterocycles. The first kappa shape index (κ1) is 23.8. The molecule has 9 heteroatoms. The van der Waals surface area contributed by atoms with E-state index in [1.54, 1.807) is 30.3 Å². The van der Waals surface area contributed by atoms with E-state index in [4.69, 9.17) is 23.2 Å². The van der Waals surface area contributed by atoms with Gasteiger partial charge in [-0.15, -0.1) is 0 Å². The highest BCUT2D eigenvalue weighted by Crippen LogP contribution is 2.23. The third-order valence-corrected chi connectivity index (χ3v) is 7.34. The number of hydrogen-bond donors (Lipinski definition) is 1. The maximum Gasteiger partial charge on any atom is 0.243 e. The van der Waals surface area contributed by atoms with Gasteiger partial charge in [-0.05, 0) is 66.6 Å². The molecule has 0 bridgehead atoms. The molecule has 0 aliphatic carbocycles. The summed E-state index contributed by atoms with van der Waals surface area (Å²) in [5.41, 5.74) is 2.09. The van der Waals surface area contributed by atoms with Gasteiger partial charge in [-0.3, -0.25) is 4.79 Å². The maximum absolute atomic E-state index is 13.3. The Labute approximate surface area is 200 Å². The van der Waals surface area contributed by atoms with Crippen LogP contribution < -0.4 is 5.32 Å². The summed E-state index contributed by atoms with van der Waals surface area (Å²) in [7, 11) is -3.96. The molecule has 3 aromatic rings. The molecule has 0 fully saturated rings. The zero-order chi connectivity index (χ0) is 22.6. The second kappa shape index (κ2) is 10.1. The summed E-state index contributed by atoms with van der Waals surface area (Å²) in [6, 6.07) is 18.2. The normalized spacial score (nSPS) is 11.5. The van der Waals surface area contributed by atoms with E-state index in [1.807, 2.05) is 19.1 Å². The van der Waals surface area contributed by atoms with Crippen molar-refractivity contribution in [3.63, 3.8) is 0 Å². The molecule has 0 atom stereocenters. The fourth-order valence-electron chi connectivity index (χ4n) is 2.85. The van der Waals surface area contributed by atoms with Crippen molar-refractivity contribution in [3.05, 3.63) is 92.4 Å². The third-order valence-electron chi connectivity index (χ3n) is 4.52. The Morgan fingerprint density at radius 1 is 0.968 bits per heavy atom. The molecule has 0 unspecified atom stereocenters. The summed E-state index contributed by atoms with van der Waals surface area (Å²) in [4.78, 5) is 12.8. The third kappa shape index (κ3) is 6.30. The summed E-state index contributed by atoms with van der Waals surface area (Å²) in [6.45, 7) is 1.49. The van der Waals surface area contributed by atoms with Crippen LogP contribution in [0, 0.1) is 6.92 Å². The Hall–Kier alpha value is -1.90. The van der Waals surface area contributed by atoms with Gasteiger partial charge < -0.3 is 5.32 Å². The number of carbonyl (C=O) groups excluding carboxylic acids is 1. The largest absolute Gasteiger partial charge is 0.325 e. The van der Waals surface area contributed by atoms with E-state index in [0.29, 0.717) is 15.7 Å². The van der Waals surface area contributed by atoms with Crippen molar-refractivity contribution in [2.45, 2.75) is 18.4 Å². The van der Waals surface area contributed by atoms with Gasteiger partial charge in [0.25, 0.3) is 0 Å². The van der Waals surface area contributed by atoms with Gasteiger partial charge in [-0.25, -0.2) is 8.42 Å². The second-order valence-electron chi connectivity index (χ2n) is 6.86. The number of rotatable bonds is 7. The van der Waals surface area contributed by atoms with Crippen molar-refractivity contribution < 1.29 is 13.2 Å². The number of aryl methyl sites for hydroxylation is 1. The molecule has 3 rings (SSSR count). The van der Waals surface area contributed by atoms with Crippen molar-refractivity contribution in [3.8, 4) is 0 Å². The summed E-state index contributed by atoms with van der Waals surface area (Å²) in [5, 5.41) is 3.65. The number of anilines is 1. The van der Waals surface area contributed by atoms with Crippen LogP contribution in [-0.4, -0.2) is 25.2 Å². The lowest BCUT2D eigenvalue weighted by atomic mass is 10.2. The fourth-order valence-corrected chi connectivity index (χ4v) is 4.80. The van der Waals surface area contributed by atoms with E-state index >= 15 is 0 Å². The highest BCUT2D eigenvalue weighted by Gasteiger charge is 2.27. The van der Waals surface area contributed by atoms with Crippen molar-refractivity contribution in [2.75, 3.05) is 11.9 Å². The van der Waals surface area contributed by atoms with E-state index in [2.05, 4.69) is 21.2 Å². The Morgan fingerprint density at radius 2 is 1.58 bits per heavy atom. The van der Waals surface area contributed by atoms with Crippen LogP contribution in [0.15, 0.2) is 76.1 Å². The zero-order valence-electron chi connectivity index (χ0n) is 16.5. The van der Waals surface area contributed by atoms with Gasteiger partial charge in [0, 0.05) is 26.8 Å². The molecule has 31 heavy (non-hydrogen) atoms. The van der Waals surface area contributed by atoms with Crippen LogP contribution in [0.5, 0.6) is 0 Å². The number of nitrogens with zero attached hydrogens (tertiary/aromatic N) is 1. The van der Waals surface area contributed by atoms with Gasteiger partial charge in [0.05, 0.1) is 11.4 Å². The lowest BCUT2D eigenvalue weighted by Gasteiger charge is -2.22. The molecule has 0 saturated heterocycles. The SMILES string of the molecule is Cc1ccc(Cl)cc1NC(=O)CN(Cc1ccc(Br)cc1)S(=O)(=O)c1ccc(Cl)cc1. The molecular formula is C22H19BrCl2N2O3S. The van der Waals surface area contributed by atoms with Gasteiger partial charge in [0.1, 0.15) is 0 Å². The van der Waals surface area contributed by atoms with Crippen LogP contribution in [0.1, 0.15) is 11.1 Å². The van der Waals surface area contributed by atoms with Crippen LogP contribution in [0.25, 0.3) is 0 Å². The monoisotopic (exact) mass is 540 g/mol. The molecule has 0 saturated carbocycles. The summed E-state index contributed by atoms with van der Waals surface area (Å²) < 4.78 is 28.6. The molecule has 0 radical (unpaired) electrons. The standard InChI is InChI=1S/C22H19BrCl2N2O3S/c1-15-2-7-19(25)12-21(15)26-22(28)14-27(13-16-3-5-17(23)6-4-16)31(29,30)20-10-8-18(24)9-11-20/h2-12H,13-14H2,1H3,(H,26,28). The van der Waals surface area contributed by atoms with E-state index in [-0.39, 0.29) is 18.0 Å². The molecular weight excluding hydrogens is 523 g/mol. The summed E-state index contributed by atoms with van der Waals surface area (Å²) in [5.74, 6) is -0.472. The van der Waals surface area contributed by atoms with Crippen molar-refractivity contribution >= 4 is 60.7 Å².